The minimum Gasteiger partial charge on any atom is -0.346 e. The van der Waals surface area contributed by atoms with E-state index in [4.69, 9.17) is 0 Å². The van der Waals surface area contributed by atoms with E-state index in [0.717, 1.165) is 12.8 Å². The van der Waals surface area contributed by atoms with Crippen molar-refractivity contribution >= 4 is 11.8 Å². The van der Waals surface area contributed by atoms with Crippen molar-refractivity contribution in [3.63, 3.8) is 0 Å². The molecule has 1 saturated heterocycles. The summed E-state index contributed by atoms with van der Waals surface area (Å²) < 4.78 is 0. The zero-order valence-corrected chi connectivity index (χ0v) is 7.75. The van der Waals surface area contributed by atoms with Crippen LogP contribution >= 0.6 is 0 Å². The van der Waals surface area contributed by atoms with Crippen molar-refractivity contribution in [3.05, 3.63) is 0 Å². The van der Waals surface area contributed by atoms with Crippen LogP contribution in [0.3, 0.4) is 0 Å². The Morgan fingerprint density at radius 2 is 2.08 bits per heavy atom. The van der Waals surface area contributed by atoms with Gasteiger partial charge in [0.05, 0.1) is 0 Å². The van der Waals surface area contributed by atoms with E-state index in [1.807, 2.05) is 6.92 Å². The van der Waals surface area contributed by atoms with E-state index in [9.17, 15) is 9.59 Å². The molecule has 0 aromatic heterocycles. The van der Waals surface area contributed by atoms with Crippen LogP contribution in [-0.2, 0) is 9.59 Å². The lowest BCUT2D eigenvalue weighted by atomic mass is 9.89. The molecule has 1 atom stereocenters. The molecule has 13 heavy (non-hydrogen) atoms. The Morgan fingerprint density at radius 3 is 2.62 bits per heavy atom. The molecule has 2 aliphatic rings. The van der Waals surface area contributed by atoms with E-state index in [1.54, 1.807) is 4.90 Å². The van der Waals surface area contributed by atoms with Gasteiger partial charge in [-0.25, -0.2) is 0 Å². The molecule has 0 aromatic carbocycles. The van der Waals surface area contributed by atoms with E-state index < -0.39 is 5.91 Å². The summed E-state index contributed by atoms with van der Waals surface area (Å²) in [7, 11) is 0. The molecule has 1 saturated carbocycles. The number of hydrogen-bond acceptors (Lipinski definition) is 2. The van der Waals surface area contributed by atoms with Crippen LogP contribution in [0.15, 0.2) is 0 Å². The highest BCUT2D eigenvalue weighted by atomic mass is 16.2. The van der Waals surface area contributed by atoms with Gasteiger partial charge in [-0.1, -0.05) is 0 Å². The fraction of sp³-hybridized carbons (Fsp3) is 0.778. The predicted molar refractivity (Wildman–Crippen MR) is 47.0 cm³/mol. The van der Waals surface area contributed by atoms with Crippen LogP contribution in [-0.4, -0.2) is 35.3 Å². The molecule has 0 radical (unpaired) electrons. The minimum atomic E-state index is -0.440. The molecule has 1 heterocycles. The summed E-state index contributed by atoms with van der Waals surface area (Å²) in [5.74, 6) is -0.784. The number of nitrogens with zero attached hydrogens (tertiary/aromatic N) is 1. The molecule has 1 aliphatic heterocycles. The Balaban J connectivity index is 2.11. The molecular formula is C9H14N2O2. The van der Waals surface area contributed by atoms with Crippen molar-refractivity contribution in [2.75, 3.05) is 6.54 Å². The number of carbonyl (C=O) groups is 2. The topological polar surface area (TPSA) is 49.4 Å². The summed E-state index contributed by atoms with van der Waals surface area (Å²) in [5.41, 5.74) is 0. The zero-order chi connectivity index (χ0) is 9.42. The first kappa shape index (κ1) is 8.53. The molecule has 0 aromatic rings. The number of rotatable bonds is 1. The van der Waals surface area contributed by atoms with E-state index in [-0.39, 0.29) is 11.9 Å². The highest BCUT2D eigenvalue weighted by Crippen LogP contribution is 2.27. The third kappa shape index (κ3) is 1.30. The third-order valence-corrected chi connectivity index (χ3v) is 2.93. The Morgan fingerprint density at radius 1 is 1.38 bits per heavy atom. The van der Waals surface area contributed by atoms with Gasteiger partial charge in [0.25, 0.3) is 0 Å². The Labute approximate surface area is 77.3 Å². The van der Waals surface area contributed by atoms with Crippen molar-refractivity contribution in [3.8, 4) is 0 Å². The van der Waals surface area contributed by atoms with E-state index >= 15 is 0 Å². The molecule has 1 aliphatic carbocycles. The molecule has 1 N–H and O–H groups in total. The first-order chi connectivity index (χ1) is 6.20. The number of amides is 2. The fourth-order valence-corrected chi connectivity index (χ4v) is 1.92. The highest BCUT2D eigenvalue weighted by Gasteiger charge is 2.38. The summed E-state index contributed by atoms with van der Waals surface area (Å²) >= 11 is 0. The molecule has 2 fully saturated rings. The maximum Gasteiger partial charge on any atom is 0.312 e. The molecule has 0 unspecified atom stereocenters. The van der Waals surface area contributed by atoms with Gasteiger partial charge in [-0.2, -0.15) is 0 Å². The fourth-order valence-electron chi connectivity index (χ4n) is 1.92. The highest BCUT2D eigenvalue weighted by molar-refractivity contribution is 6.35. The Hall–Kier alpha value is -1.06. The smallest absolute Gasteiger partial charge is 0.312 e. The third-order valence-electron chi connectivity index (χ3n) is 2.93. The van der Waals surface area contributed by atoms with E-state index in [1.165, 1.54) is 6.42 Å². The van der Waals surface area contributed by atoms with E-state index in [0.29, 0.717) is 12.6 Å². The van der Waals surface area contributed by atoms with Crippen LogP contribution in [0.1, 0.15) is 26.2 Å². The summed E-state index contributed by atoms with van der Waals surface area (Å²) in [5, 5.41) is 2.58. The zero-order valence-electron chi connectivity index (χ0n) is 7.75. The molecule has 0 bridgehead atoms. The first-order valence-electron chi connectivity index (χ1n) is 4.80. The van der Waals surface area contributed by atoms with Crippen LogP contribution in [0.25, 0.3) is 0 Å². The normalized spacial score (nSPS) is 29.9. The SMILES string of the molecule is C[C@H]1CNC(=O)C(=O)N1C1CCC1. The Kier molecular flexibility index (Phi) is 1.98. The predicted octanol–water partition coefficient (Wildman–Crippen LogP) is -0.114. The van der Waals surface area contributed by atoms with Crippen molar-refractivity contribution in [2.45, 2.75) is 38.3 Å². The second-order valence-corrected chi connectivity index (χ2v) is 3.86. The van der Waals surface area contributed by atoms with Gasteiger partial charge in [0, 0.05) is 18.6 Å². The van der Waals surface area contributed by atoms with Crippen molar-refractivity contribution in [1.82, 2.24) is 10.2 Å². The van der Waals surface area contributed by atoms with Crippen LogP contribution in [0.4, 0.5) is 0 Å². The molecule has 0 spiro atoms. The monoisotopic (exact) mass is 182 g/mol. The lowest BCUT2D eigenvalue weighted by molar-refractivity contribution is -0.153. The van der Waals surface area contributed by atoms with Crippen LogP contribution in [0, 0.1) is 0 Å². The van der Waals surface area contributed by atoms with Gasteiger partial charge in [0.15, 0.2) is 0 Å². The average molecular weight is 182 g/mol. The summed E-state index contributed by atoms with van der Waals surface area (Å²) in [6.45, 7) is 2.58. The van der Waals surface area contributed by atoms with Gasteiger partial charge in [-0.3, -0.25) is 9.59 Å². The van der Waals surface area contributed by atoms with Gasteiger partial charge in [-0.15, -0.1) is 0 Å². The second kappa shape index (κ2) is 3.01. The number of nitrogens with one attached hydrogen (secondary N) is 1. The summed E-state index contributed by atoms with van der Waals surface area (Å²) in [6.07, 6.45) is 3.30. The van der Waals surface area contributed by atoms with Crippen molar-refractivity contribution in [1.29, 1.82) is 0 Å². The maximum atomic E-state index is 11.5. The van der Waals surface area contributed by atoms with Gasteiger partial charge in [0.2, 0.25) is 0 Å². The lowest BCUT2D eigenvalue weighted by Gasteiger charge is -2.43. The molecule has 2 amide bonds. The van der Waals surface area contributed by atoms with Crippen LogP contribution in [0.5, 0.6) is 0 Å². The number of carbonyl (C=O) groups excluding carboxylic acids is 2. The van der Waals surface area contributed by atoms with Gasteiger partial charge < -0.3 is 10.2 Å². The standard InChI is InChI=1S/C9H14N2O2/c1-6-5-10-8(12)9(13)11(6)7-3-2-4-7/h6-7H,2-5H2,1H3,(H,10,12)/t6-/m0/s1. The molecular weight excluding hydrogens is 168 g/mol. The molecule has 4 nitrogen and oxygen atoms in total. The lowest BCUT2D eigenvalue weighted by Crippen LogP contribution is -2.61. The molecule has 4 heteroatoms. The molecule has 2 rings (SSSR count). The Bertz CT molecular complexity index is 246. The first-order valence-corrected chi connectivity index (χ1v) is 4.80. The van der Waals surface area contributed by atoms with Gasteiger partial charge in [0.1, 0.15) is 0 Å². The summed E-state index contributed by atoms with van der Waals surface area (Å²) in [4.78, 5) is 24.3. The quantitative estimate of drug-likeness (QED) is 0.575. The minimum absolute atomic E-state index is 0.162. The number of piperazine rings is 1. The van der Waals surface area contributed by atoms with Gasteiger partial charge >= 0.3 is 11.8 Å². The van der Waals surface area contributed by atoms with Crippen molar-refractivity contribution in [2.24, 2.45) is 0 Å². The van der Waals surface area contributed by atoms with Crippen molar-refractivity contribution < 1.29 is 9.59 Å². The maximum absolute atomic E-state index is 11.5. The van der Waals surface area contributed by atoms with Gasteiger partial charge in [-0.05, 0) is 26.2 Å². The largest absolute Gasteiger partial charge is 0.346 e. The number of hydrogen-bond donors (Lipinski definition) is 1. The second-order valence-electron chi connectivity index (χ2n) is 3.86. The summed E-state index contributed by atoms with van der Waals surface area (Å²) in [6, 6.07) is 0.490. The average Bonchev–Trinajstić information content (AvgIpc) is 2.02. The molecule has 72 valence electrons. The van der Waals surface area contributed by atoms with Crippen LogP contribution < -0.4 is 5.32 Å². The van der Waals surface area contributed by atoms with Crippen LogP contribution in [0.2, 0.25) is 0 Å². The van der Waals surface area contributed by atoms with E-state index in [2.05, 4.69) is 5.32 Å².